The molecule has 0 radical (unpaired) electrons. The second-order valence-corrected chi connectivity index (χ2v) is 8.02. The minimum absolute atomic E-state index is 0.0263. The fourth-order valence-corrected chi connectivity index (χ4v) is 3.59. The van der Waals surface area contributed by atoms with Crippen LogP contribution in [-0.4, -0.2) is 44.8 Å². The van der Waals surface area contributed by atoms with Gasteiger partial charge in [0.15, 0.2) is 0 Å². The predicted octanol–water partition coefficient (Wildman–Crippen LogP) is 2.77. The van der Waals surface area contributed by atoms with Gasteiger partial charge >= 0.3 is 5.97 Å². The van der Waals surface area contributed by atoms with Crippen LogP contribution in [-0.2, 0) is 17.6 Å². The van der Waals surface area contributed by atoms with Gasteiger partial charge in [-0.25, -0.2) is 0 Å². The Balaban J connectivity index is 0.000000176. The third-order valence-corrected chi connectivity index (χ3v) is 5.32. The number of aliphatic hydroxyl groups excluding tert-OH is 1. The Morgan fingerprint density at radius 2 is 1.39 bits per heavy atom. The molecule has 7 heteroatoms. The maximum absolute atomic E-state index is 10.7. The highest BCUT2D eigenvalue weighted by molar-refractivity contribution is 5.85. The first-order valence-electron chi connectivity index (χ1n) is 10.3. The molecule has 0 bridgehead atoms. The molecule has 2 atom stereocenters. The Morgan fingerprint density at radius 3 is 1.84 bits per heavy atom. The summed E-state index contributed by atoms with van der Waals surface area (Å²) < 4.78 is 0. The van der Waals surface area contributed by atoms with E-state index in [4.69, 9.17) is 21.7 Å². The van der Waals surface area contributed by atoms with Gasteiger partial charge in [0.05, 0.1) is 6.61 Å². The largest absolute Gasteiger partial charge is 0.480 e. The number of carbonyl (C=O) groups is 1. The number of carboxylic acids is 1. The van der Waals surface area contributed by atoms with Crippen LogP contribution >= 0.6 is 0 Å². The summed E-state index contributed by atoms with van der Waals surface area (Å²) in [5.41, 5.74) is 17.9. The number of hydrogen-bond acceptors (Lipinski definition) is 4. The van der Waals surface area contributed by atoms with Crippen molar-refractivity contribution in [2.75, 3.05) is 6.61 Å². The molecule has 8 N–H and O–H groups in total. The molecule has 0 aliphatic carbocycles. The van der Waals surface area contributed by atoms with Gasteiger partial charge in [0, 0.05) is 46.7 Å². The third kappa shape index (κ3) is 5.52. The normalized spacial score (nSPS) is 13.1. The number of aromatic nitrogens is 2. The van der Waals surface area contributed by atoms with E-state index < -0.39 is 12.0 Å². The summed E-state index contributed by atoms with van der Waals surface area (Å²) in [6, 6.07) is 11.3. The number of benzene rings is 2. The summed E-state index contributed by atoms with van der Waals surface area (Å²) >= 11 is 0. The smallest absolute Gasteiger partial charge is 0.320 e. The van der Waals surface area contributed by atoms with Crippen LogP contribution in [0.15, 0.2) is 48.8 Å². The fourth-order valence-electron chi connectivity index (χ4n) is 3.59. The minimum atomic E-state index is -0.970. The van der Waals surface area contributed by atoms with Crippen LogP contribution < -0.4 is 11.5 Å². The molecule has 7 nitrogen and oxygen atoms in total. The number of aliphatic carboxylic acids is 1. The van der Waals surface area contributed by atoms with Gasteiger partial charge in [0.1, 0.15) is 6.04 Å². The second-order valence-electron chi connectivity index (χ2n) is 8.02. The first-order valence-corrected chi connectivity index (χ1v) is 10.3. The van der Waals surface area contributed by atoms with Crippen LogP contribution in [0.3, 0.4) is 0 Å². The molecule has 164 valence electrons. The van der Waals surface area contributed by atoms with Crippen LogP contribution in [0.25, 0.3) is 21.8 Å². The van der Waals surface area contributed by atoms with E-state index in [1.807, 2.05) is 37.5 Å². The first kappa shape index (κ1) is 22.6. The van der Waals surface area contributed by atoms with Crippen LogP contribution in [0.1, 0.15) is 22.3 Å². The van der Waals surface area contributed by atoms with Crippen molar-refractivity contribution in [3.63, 3.8) is 0 Å². The lowest BCUT2D eigenvalue weighted by Crippen LogP contribution is -2.32. The van der Waals surface area contributed by atoms with Gasteiger partial charge in [-0.2, -0.15) is 0 Å². The van der Waals surface area contributed by atoms with Crippen LogP contribution in [0.5, 0.6) is 0 Å². The Labute approximate surface area is 181 Å². The second kappa shape index (κ2) is 9.78. The van der Waals surface area contributed by atoms with Gasteiger partial charge in [-0.3, -0.25) is 4.79 Å². The predicted molar refractivity (Wildman–Crippen MR) is 124 cm³/mol. The SMILES string of the molecule is Cc1ccc2[nH]cc(C[C@H](N)C(=O)O)c2c1.Cc1ccc2[nH]cc(C[C@H](N)CO)c2c1. The third-order valence-electron chi connectivity index (χ3n) is 5.32. The number of hydrogen-bond donors (Lipinski definition) is 6. The highest BCUT2D eigenvalue weighted by Gasteiger charge is 2.14. The molecule has 31 heavy (non-hydrogen) atoms. The number of carboxylic acid groups (broad SMARTS) is 1. The zero-order valence-electron chi connectivity index (χ0n) is 17.9. The standard InChI is InChI=1S/C12H14N2O2.C12H16N2O/c1-7-2-3-11-9(4-7)8(6-14-11)5-10(13)12(15)16;1-8-2-3-12-11(4-8)9(6-14-12)5-10(13)7-15/h2-4,6,10,14H,5,13H2,1H3,(H,15,16);2-4,6,10,14-15H,5,7,13H2,1H3/t2*10-/m00/s1. The Morgan fingerprint density at radius 1 is 0.903 bits per heavy atom. The zero-order valence-corrected chi connectivity index (χ0v) is 17.9. The lowest BCUT2D eigenvalue weighted by atomic mass is 10.0. The summed E-state index contributed by atoms with van der Waals surface area (Å²) in [4.78, 5) is 17.0. The molecular formula is C24H30N4O3. The quantitative estimate of drug-likeness (QED) is 0.283. The topological polar surface area (TPSA) is 141 Å². The van der Waals surface area contributed by atoms with E-state index in [9.17, 15) is 4.79 Å². The molecule has 0 unspecified atom stereocenters. The number of fused-ring (bicyclic) bond motifs is 2. The van der Waals surface area contributed by atoms with E-state index in [1.165, 1.54) is 16.5 Å². The van der Waals surface area contributed by atoms with Crippen molar-refractivity contribution >= 4 is 27.8 Å². The van der Waals surface area contributed by atoms with Gasteiger partial charge in [-0.1, -0.05) is 23.3 Å². The molecule has 0 saturated carbocycles. The molecule has 0 aliphatic rings. The monoisotopic (exact) mass is 422 g/mol. The Bertz CT molecular complexity index is 1180. The van der Waals surface area contributed by atoms with Crippen molar-refractivity contribution in [2.24, 2.45) is 11.5 Å². The number of aliphatic hydroxyl groups is 1. The van der Waals surface area contributed by atoms with Gasteiger partial charge in [-0.05, 0) is 55.7 Å². The van der Waals surface area contributed by atoms with Crippen LogP contribution in [0.2, 0.25) is 0 Å². The first-order chi connectivity index (χ1) is 14.8. The molecule has 4 aromatic rings. The van der Waals surface area contributed by atoms with Crippen molar-refractivity contribution in [2.45, 2.75) is 38.8 Å². The molecule has 2 aromatic carbocycles. The number of nitrogens with one attached hydrogen (secondary N) is 2. The number of aryl methyl sites for hydroxylation is 2. The van der Waals surface area contributed by atoms with E-state index in [0.717, 1.165) is 27.5 Å². The lowest BCUT2D eigenvalue weighted by Gasteiger charge is -2.06. The Hall–Kier alpha value is -3.13. The summed E-state index contributed by atoms with van der Waals surface area (Å²) in [5.74, 6) is -0.970. The van der Waals surface area contributed by atoms with Crippen molar-refractivity contribution < 1.29 is 15.0 Å². The van der Waals surface area contributed by atoms with Gasteiger partial charge in [0.2, 0.25) is 0 Å². The molecular weight excluding hydrogens is 392 g/mol. The van der Waals surface area contributed by atoms with E-state index in [-0.39, 0.29) is 12.6 Å². The van der Waals surface area contributed by atoms with Crippen molar-refractivity contribution in [1.82, 2.24) is 9.97 Å². The maximum atomic E-state index is 10.7. The zero-order chi connectivity index (χ0) is 22.5. The van der Waals surface area contributed by atoms with Crippen LogP contribution in [0, 0.1) is 13.8 Å². The summed E-state index contributed by atoms with van der Waals surface area (Å²) in [5, 5.41) is 20.0. The molecule has 0 fully saturated rings. The van der Waals surface area contributed by atoms with Gasteiger partial charge in [-0.15, -0.1) is 0 Å². The van der Waals surface area contributed by atoms with E-state index in [0.29, 0.717) is 12.8 Å². The number of H-pyrrole nitrogens is 2. The molecule has 2 heterocycles. The lowest BCUT2D eigenvalue weighted by molar-refractivity contribution is -0.138. The van der Waals surface area contributed by atoms with Crippen molar-refractivity contribution in [1.29, 1.82) is 0 Å². The fraction of sp³-hybridized carbons (Fsp3) is 0.292. The maximum Gasteiger partial charge on any atom is 0.320 e. The highest BCUT2D eigenvalue weighted by atomic mass is 16.4. The number of aromatic amines is 2. The van der Waals surface area contributed by atoms with E-state index in [2.05, 4.69) is 35.1 Å². The summed E-state index contributed by atoms with van der Waals surface area (Å²) in [6.45, 7) is 4.11. The van der Waals surface area contributed by atoms with E-state index in [1.54, 1.807) is 0 Å². The summed E-state index contributed by atoms with van der Waals surface area (Å²) in [7, 11) is 0. The molecule has 0 aliphatic heterocycles. The average Bonchev–Trinajstić information content (AvgIpc) is 3.32. The van der Waals surface area contributed by atoms with Gasteiger partial charge in [0.25, 0.3) is 0 Å². The molecule has 0 amide bonds. The van der Waals surface area contributed by atoms with Crippen molar-refractivity contribution in [3.05, 3.63) is 71.0 Å². The number of nitrogens with two attached hydrogens (primary N) is 2. The molecule has 4 rings (SSSR count). The van der Waals surface area contributed by atoms with Gasteiger partial charge < -0.3 is 31.6 Å². The number of rotatable bonds is 6. The highest BCUT2D eigenvalue weighted by Crippen LogP contribution is 2.21. The minimum Gasteiger partial charge on any atom is -0.480 e. The molecule has 0 saturated heterocycles. The van der Waals surface area contributed by atoms with Crippen molar-refractivity contribution in [3.8, 4) is 0 Å². The Kier molecular flexibility index (Phi) is 7.12. The van der Waals surface area contributed by atoms with E-state index >= 15 is 0 Å². The average molecular weight is 423 g/mol. The summed E-state index contributed by atoms with van der Waals surface area (Å²) in [6.07, 6.45) is 4.85. The molecule has 0 spiro atoms. The molecule has 2 aromatic heterocycles. The van der Waals surface area contributed by atoms with Crippen LogP contribution in [0.4, 0.5) is 0 Å².